The van der Waals surface area contributed by atoms with Gasteiger partial charge in [-0.15, -0.1) is 0 Å². The highest BCUT2D eigenvalue weighted by atomic mass is 35.5. The van der Waals surface area contributed by atoms with Crippen LogP contribution in [-0.4, -0.2) is 36.6 Å². The number of methoxy groups -OCH3 is 1. The summed E-state index contributed by atoms with van der Waals surface area (Å²) >= 11 is 16.9. The Morgan fingerprint density at radius 1 is 1.33 bits per heavy atom. The van der Waals surface area contributed by atoms with Crippen LogP contribution in [0, 0.1) is 0 Å². The number of thiocarbonyl (C=S) groups is 1. The van der Waals surface area contributed by atoms with E-state index >= 15 is 0 Å². The van der Waals surface area contributed by atoms with Gasteiger partial charge in [-0.05, 0) is 49.0 Å². The van der Waals surface area contributed by atoms with Crippen molar-refractivity contribution in [2.75, 3.05) is 20.3 Å². The Balaban J connectivity index is 2.08. The van der Waals surface area contributed by atoms with Gasteiger partial charge in [0.25, 0.3) is 0 Å². The molecule has 0 amide bonds. The Kier molecular flexibility index (Phi) is 7.05. The highest BCUT2D eigenvalue weighted by Crippen LogP contribution is 2.29. The summed E-state index contributed by atoms with van der Waals surface area (Å²) in [5.74, 6) is 1.24. The standard InChI is InChI=1S/C16H17Cl2N3O2S/c1-22-8-2-7-21(16(19)24)20-10-12-4-6-15(23-12)11-3-5-13(17)14(18)9-11/h3-6,9-10H,2,7-8H2,1H3,(H2,19,24). The van der Waals surface area contributed by atoms with Crippen LogP contribution >= 0.6 is 35.4 Å². The molecule has 0 radical (unpaired) electrons. The number of hydrazone groups is 1. The molecule has 1 heterocycles. The molecule has 2 rings (SSSR count). The minimum atomic E-state index is 0.193. The summed E-state index contributed by atoms with van der Waals surface area (Å²) < 4.78 is 10.7. The number of hydrogen-bond acceptors (Lipinski definition) is 4. The largest absolute Gasteiger partial charge is 0.455 e. The van der Waals surface area contributed by atoms with Gasteiger partial charge in [-0.2, -0.15) is 5.10 Å². The Morgan fingerprint density at radius 3 is 2.79 bits per heavy atom. The van der Waals surface area contributed by atoms with Gasteiger partial charge >= 0.3 is 0 Å². The van der Waals surface area contributed by atoms with Crippen molar-refractivity contribution in [3.63, 3.8) is 0 Å². The highest BCUT2D eigenvalue weighted by molar-refractivity contribution is 7.80. The number of benzene rings is 1. The molecule has 24 heavy (non-hydrogen) atoms. The van der Waals surface area contributed by atoms with Crippen LogP contribution in [0.2, 0.25) is 10.0 Å². The maximum absolute atomic E-state index is 6.02. The topological polar surface area (TPSA) is 64.0 Å². The number of nitrogens with two attached hydrogens (primary N) is 1. The molecular formula is C16H17Cl2N3O2S. The molecule has 0 spiro atoms. The second-order valence-electron chi connectivity index (χ2n) is 4.88. The summed E-state index contributed by atoms with van der Waals surface area (Å²) in [6.45, 7) is 1.18. The van der Waals surface area contributed by atoms with E-state index in [9.17, 15) is 0 Å². The van der Waals surface area contributed by atoms with Gasteiger partial charge in [-0.1, -0.05) is 23.2 Å². The fraction of sp³-hybridized carbons (Fsp3) is 0.250. The lowest BCUT2D eigenvalue weighted by Gasteiger charge is -2.15. The van der Waals surface area contributed by atoms with Gasteiger partial charge in [0.05, 0.1) is 16.3 Å². The van der Waals surface area contributed by atoms with Crippen LogP contribution in [0.25, 0.3) is 11.3 Å². The Hall–Kier alpha value is -1.60. The molecule has 0 aliphatic rings. The van der Waals surface area contributed by atoms with Gasteiger partial charge < -0.3 is 14.9 Å². The van der Waals surface area contributed by atoms with Gasteiger partial charge in [0, 0.05) is 25.8 Å². The number of hydrogen-bond donors (Lipinski definition) is 1. The molecule has 0 aliphatic carbocycles. The van der Waals surface area contributed by atoms with Crippen molar-refractivity contribution < 1.29 is 9.15 Å². The lowest BCUT2D eigenvalue weighted by Crippen LogP contribution is -2.32. The third kappa shape index (κ3) is 5.21. The molecule has 0 bridgehead atoms. The van der Waals surface area contributed by atoms with Crippen LogP contribution in [0.1, 0.15) is 12.2 Å². The predicted octanol–water partition coefficient (Wildman–Crippen LogP) is 4.17. The van der Waals surface area contributed by atoms with Crippen molar-refractivity contribution in [3.05, 3.63) is 46.1 Å². The van der Waals surface area contributed by atoms with E-state index in [0.717, 1.165) is 12.0 Å². The fourth-order valence-electron chi connectivity index (χ4n) is 1.94. The van der Waals surface area contributed by atoms with Crippen molar-refractivity contribution in [3.8, 4) is 11.3 Å². The van der Waals surface area contributed by atoms with Crippen LogP contribution in [0.4, 0.5) is 0 Å². The smallest absolute Gasteiger partial charge is 0.186 e. The first-order valence-electron chi connectivity index (χ1n) is 7.16. The molecule has 0 unspecified atom stereocenters. The number of ether oxygens (including phenoxy) is 1. The van der Waals surface area contributed by atoms with Gasteiger partial charge in [-0.25, -0.2) is 5.01 Å². The van der Waals surface area contributed by atoms with E-state index in [0.29, 0.717) is 34.7 Å². The molecule has 0 saturated heterocycles. The third-order valence-corrected chi connectivity index (χ3v) is 4.08. The summed E-state index contributed by atoms with van der Waals surface area (Å²) in [6.07, 6.45) is 2.32. The van der Waals surface area contributed by atoms with E-state index < -0.39 is 0 Å². The van der Waals surface area contributed by atoms with E-state index in [-0.39, 0.29) is 5.11 Å². The van der Waals surface area contributed by atoms with E-state index in [1.807, 2.05) is 12.1 Å². The monoisotopic (exact) mass is 385 g/mol. The molecule has 2 N–H and O–H groups in total. The average Bonchev–Trinajstić information content (AvgIpc) is 3.02. The first-order valence-corrected chi connectivity index (χ1v) is 8.33. The fourth-order valence-corrected chi connectivity index (χ4v) is 2.37. The SMILES string of the molecule is COCCCN(N=Cc1ccc(-c2ccc(Cl)c(Cl)c2)o1)C(N)=S. The zero-order chi connectivity index (χ0) is 17.5. The maximum atomic E-state index is 6.02. The average molecular weight is 386 g/mol. The number of rotatable bonds is 7. The van der Waals surface area contributed by atoms with Gasteiger partial charge in [-0.3, -0.25) is 0 Å². The molecular weight excluding hydrogens is 369 g/mol. The van der Waals surface area contributed by atoms with Crippen LogP contribution < -0.4 is 5.73 Å². The zero-order valence-electron chi connectivity index (χ0n) is 13.0. The number of furan rings is 1. The molecule has 2 aromatic rings. The van der Waals surface area contributed by atoms with E-state index in [4.69, 9.17) is 50.3 Å². The van der Waals surface area contributed by atoms with E-state index in [1.54, 1.807) is 31.5 Å². The second kappa shape index (κ2) is 9.03. The molecule has 0 saturated carbocycles. The zero-order valence-corrected chi connectivity index (χ0v) is 15.4. The third-order valence-electron chi connectivity index (χ3n) is 3.13. The van der Waals surface area contributed by atoms with E-state index in [1.165, 1.54) is 5.01 Å². The lowest BCUT2D eigenvalue weighted by atomic mass is 10.2. The normalized spacial score (nSPS) is 11.1. The molecule has 1 aromatic heterocycles. The molecule has 5 nitrogen and oxygen atoms in total. The van der Waals surface area contributed by atoms with Gasteiger partial charge in [0.15, 0.2) is 5.11 Å². The van der Waals surface area contributed by atoms with E-state index in [2.05, 4.69) is 5.10 Å². The highest BCUT2D eigenvalue weighted by Gasteiger charge is 2.07. The molecule has 128 valence electrons. The number of halogens is 2. The molecule has 0 fully saturated rings. The number of nitrogens with zero attached hydrogens (tertiary/aromatic N) is 2. The van der Waals surface area contributed by atoms with Crippen molar-refractivity contribution >= 4 is 46.7 Å². The van der Waals surface area contributed by atoms with Crippen LogP contribution in [-0.2, 0) is 4.74 Å². The first-order chi connectivity index (χ1) is 11.5. The van der Waals surface area contributed by atoms with Crippen molar-refractivity contribution in [1.82, 2.24) is 5.01 Å². The Bertz CT molecular complexity index is 734. The summed E-state index contributed by atoms with van der Waals surface area (Å²) in [5, 5.41) is 6.93. The van der Waals surface area contributed by atoms with Gasteiger partial charge in [0.2, 0.25) is 0 Å². The Labute approximate surface area is 156 Å². The predicted molar refractivity (Wildman–Crippen MR) is 102 cm³/mol. The van der Waals surface area contributed by atoms with Crippen molar-refractivity contribution in [1.29, 1.82) is 0 Å². The van der Waals surface area contributed by atoms with Gasteiger partial charge in [0.1, 0.15) is 11.5 Å². The molecule has 8 heteroatoms. The first kappa shape index (κ1) is 18.7. The summed E-state index contributed by atoms with van der Waals surface area (Å²) in [4.78, 5) is 0. The van der Waals surface area contributed by atoms with Crippen LogP contribution in [0.15, 0.2) is 39.9 Å². The summed E-state index contributed by atoms with van der Waals surface area (Å²) in [5.41, 5.74) is 6.48. The van der Waals surface area contributed by atoms with Crippen molar-refractivity contribution in [2.24, 2.45) is 10.8 Å². The van der Waals surface area contributed by atoms with Crippen LogP contribution in [0.3, 0.4) is 0 Å². The quantitative estimate of drug-likeness (QED) is 0.335. The second-order valence-corrected chi connectivity index (χ2v) is 6.12. The van der Waals surface area contributed by atoms with Crippen molar-refractivity contribution in [2.45, 2.75) is 6.42 Å². The summed E-state index contributed by atoms with van der Waals surface area (Å²) in [6, 6.07) is 8.93. The molecule has 1 aromatic carbocycles. The van der Waals surface area contributed by atoms with Crippen LogP contribution in [0.5, 0.6) is 0 Å². The summed E-state index contributed by atoms with van der Waals surface area (Å²) in [7, 11) is 1.64. The minimum Gasteiger partial charge on any atom is -0.455 e. The maximum Gasteiger partial charge on any atom is 0.186 e. The minimum absolute atomic E-state index is 0.193. The Morgan fingerprint density at radius 2 is 2.12 bits per heavy atom. The molecule has 0 atom stereocenters. The lowest BCUT2D eigenvalue weighted by molar-refractivity contribution is 0.187. The molecule has 0 aliphatic heterocycles.